The molecule has 4 heterocycles. The Morgan fingerprint density at radius 2 is 2.04 bits per heavy atom. The van der Waals surface area contributed by atoms with Crippen LogP contribution in [-0.2, 0) is 9.47 Å². The first-order chi connectivity index (χ1) is 12.7. The fourth-order valence-corrected chi connectivity index (χ4v) is 3.41. The number of hydrogen-bond donors (Lipinski definition) is 0. The second-order valence-corrected chi connectivity index (χ2v) is 6.58. The summed E-state index contributed by atoms with van der Waals surface area (Å²) in [6.45, 7) is 5.34. The van der Waals surface area contributed by atoms with E-state index in [0.717, 1.165) is 0 Å². The van der Waals surface area contributed by atoms with Crippen molar-refractivity contribution in [3.8, 4) is 0 Å². The van der Waals surface area contributed by atoms with E-state index in [4.69, 9.17) is 14.0 Å². The molecule has 2 aliphatic heterocycles. The Morgan fingerprint density at radius 3 is 2.81 bits per heavy atom. The summed E-state index contributed by atoms with van der Waals surface area (Å²) in [5.74, 6) is 1.06. The van der Waals surface area contributed by atoms with Crippen molar-refractivity contribution in [2.24, 2.45) is 0 Å². The van der Waals surface area contributed by atoms with Gasteiger partial charge in [0.1, 0.15) is 16.9 Å². The van der Waals surface area contributed by atoms with Crippen LogP contribution < -0.4 is 4.90 Å². The van der Waals surface area contributed by atoms with Gasteiger partial charge in [0, 0.05) is 25.5 Å². The van der Waals surface area contributed by atoms with Crippen LogP contribution in [0.25, 0.3) is 0 Å². The molecule has 2 aliphatic rings. The van der Waals surface area contributed by atoms with E-state index in [1.807, 2.05) is 4.90 Å². The molecule has 1 unspecified atom stereocenters. The quantitative estimate of drug-likeness (QED) is 0.766. The number of aryl methyl sites for hydroxylation is 1. The number of amides is 1. The van der Waals surface area contributed by atoms with Crippen molar-refractivity contribution in [3.63, 3.8) is 0 Å². The number of aromatic nitrogens is 3. The van der Waals surface area contributed by atoms with E-state index in [1.165, 1.54) is 6.20 Å². The van der Waals surface area contributed by atoms with Crippen LogP contribution in [-0.4, -0.2) is 77.5 Å². The maximum atomic E-state index is 12.8. The Balaban J connectivity index is 1.54. The number of anilines is 1. The van der Waals surface area contributed by atoms with Crippen molar-refractivity contribution in [2.75, 3.05) is 50.9 Å². The molecule has 0 saturated carbocycles. The first-order valence-corrected chi connectivity index (χ1v) is 8.61. The molecular formula is C17H21N5O4. The molecule has 0 bridgehead atoms. The van der Waals surface area contributed by atoms with E-state index < -0.39 is 5.60 Å². The molecule has 2 fully saturated rings. The molecule has 4 rings (SSSR count). The molecule has 1 atom stereocenters. The molecule has 138 valence electrons. The van der Waals surface area contributed by atoms with Crippen LogP contribution >= 0.6 is 0 Å². The maximum Gasteiger partial charge on any atom is 0.259 e. The molecule has 2 saturated heterocycles. The highest BCUT2D eigenvalue weighted by Gasteiger charge is 2.42. The zero-order valence-corrected chi connectivity index (χ0v) is 14.6. The molecule has 0 N–H and O–H groups in total. The van der Waals surface area contributed by atoms with E-state index in [2.05, 4.69) is 15.1 Å². The number of carbonyl (C=O) groups is 1. The zero-order valence-electron chi connectivity index (χ0n) is 14.6. The molecule has 9 nitrogen and oxygen atoms in total. The number of hydrogen-bond acceptors (Lipinski definition) is 8. The van der Waals surface area contributed by atoms with E-state index >= 15 is 0 Å². The maximum absolute atomic E-state index is 12.8. The largest absolute Gasteiger partial charge is 0.376 e. The molecule has 0 radical (unpaired) electrons. The van der Waals surface area contributed by atoms with Crippen LogP contribution in [0, 0.1) is 6.92 Å². The summed E-state index contributed by atoms with van der Waals surface area (Å²) in [7, 11) is 0. The fourth-order valence-electron chi connectivity index (χ4n) is 3.41. The Morgan fingerprint density at radius 1 is 1.19 bits per heavy atom. The first-order valence-electron chi connectivity index (χ1n) is 8.61. The lowest BCUT2D eigenvalue weighted by Crippen LogP contribution is -2.60. The highest BCUT2D eigenvalue weighted by atomic mass is 16.5. The lowest BCUT2D eigenvalue weighted by atomic mass is 10.0. The molecule has 2 aromatic heterocycles. The third-order valence-corrected chi connectivity index (χ3v) is 4.70. The van der Waals surface area contributed by atoms with Crippen molar-refractivity contribution in [2.45, 2.75) is 12.5 Å². The van der Waals surface area contributed by atoms with Crippen molar-refractivity contribution in [1.82, 2.24) is 20.0 Å². The molecule has 1 spiro atoms. The Kier molecular flexibility index (Phi) is 4.56. The molecular weight excluding hydrogens is 338 g/mol. The number of carbonyl (C=O) groups excluding carboxylic acids is 1. The van der Waals surface area contributed by atoms with Crippen molar-refractivity contribution >= 4 is 11.9 Å². The van der Waals surface area contributed by atoms with Gasteiger partial charge in [-0.1, -0.05) is 5.16 Å². The molecule has 0 aliphatic carbocycles. The number of morpholine rings is 1. The van der Waals surface area contributed by atoms with Crippen LogP contribution in [0.3, 0.4) is 0 Å². The lowest BCUT2D eigenvalue weighted by molar-refractivity contribution is -0.124. The standard InChI is InChI=1S/C17H21N5O4/c1-13-14(9-20-26-13)15(23)21-6-8-25-17(10-21)11-22(5-7-24-12-17)16-18-3-2-4-19-16/h2-4,9H,5-8,10-12H2,1H3. The topological polar surface area (TPSA) is 93.8 Å². The van der Waals surface area contributed by atoms with E-state index in [0.29, 0.717) is 63.3 Å². The predicted octanol–water partition coefficient (Wildman–Crippen LogP) is 0.521. The van der Waals surface area contributed by atoms with Gasteiger partial charge in [0.25, 0.3) is 5.91 Å². The fraction of sp³-hybridized carbons (Fsp3) is 0.529. The number of ether oxygens (including phenoxy) is 2. The zero-order chi connectivity index (χ0) is 18.0. The monoisotopic (exact) mass is 359 g/mol. The molecule has 26 heavy (non-hydrogen) atoms. The van der Waals surface area contributed by atoms with Crippen molar-refractivity contribution in [3.05, 3.63) is 36.0 Å². The Hall–Kier alpha value is -2.52. The average molecular weight is 359 g/mol. The minimum atomic E-state index is -0.616. The molecule has 1 amide bonds. The normalized spacial score (nSPS) is 23.9. The molecule has 9 heteroatoms. The Labute approximate surface area is 150 Å². The number of rotatable bonds is 2. The third kappa shape index (κ3) is 3.27. The first kappa shape index (κ1) is 16.9. The van der Waals surface area contributed by atoms with Crippen LogP contribution in [0.1, 0.15) is 16.1 Å². The summed E-state index contributed by atoms with van der Waals surface area (Å²) in [6.07, 6.45) is 4.90. The van der Waals surface area contributed by atoms with Gasteiger partial charge >= 0.3 is 0 Å². The average Bonchev–Trinajstić information content (AvgIpc) is 3.00. The van der Waals surface area contributed by atoms with Gasteiger partial charge in [-0.2, -0.15) is 0 Å². The van der Waals surface area contributed by atoms with Gasteiger partial charge in [-0.05, 0) is 13.0 Å². The van der Waals surface area contributed by atoms with Gasteiger partial charge < -0.3 is 23.8 Å². The van der Waals surface area contributed by atoms with Gasteiger partial charge in [0.05, 0.1) is 39.1 Å². The predicted molar refractivity (Wildman–Crippen MR) is 90.9 cm³/mol. The molecule has 0 aromatic carbocycles. The second-order valence-electron chi connectivity index (χ2n) is 6.58. The summed E-state index contributed by atoms with van der Waals surface area (Å²) in [4.78, 5) is 25.3. The van der Waals surface area contributed by atoms with Gasteiger partial charge in [-0.25, -0.2) is 9.97 Å². The van der Waals surface area contributed by atoms with Crippen LogP contribution in [0.5, 0.6) is 0 Å². The van der Waals surface area contributed by atoms with Crippen molar-refractivity contribution in [1.29, 1.82) is 0 Å². The van der Waals surface area contributed by atoms with E-state index in [-0.39, 0.29) is 5.91 Å². The lowest BCUT2D eigenvalue weighted by Gasteiger charge is -2.43. The highest BCUT2D eigenvalue weighted by molar-refractivity contribution is 5.94. The summed E-state index contributed by atoms with van der Waals surface area (Å²) < 4.78 is 16.9. The van der Waals surface area contributed by atoms with Gasteiger partial charge in [-0.15, -0.1) is 0 Å². The second kappa shape index (κ2) is 7.00. The van der Waals surface area contributed by atoms with E-state index in [1.54, 1.807) is 30.3 Å². The van der Waals surface area contributed by atoms with Crippen LogP contribution in [0.2, 0.25) is 0 Å². The minimum Gasteiger partial charge on any atom is -0.376 e. The van der Waals surface area contributed by atoms with Gasteiger partial charge in [-0.3, -0.25) is 4.79 Å². The van der Waals surface area contributed by atoms with Gasteiger partial charge in [0.15, 0.2) is 0 Å². The summed E-state index contributed by atoms with van der Waals surface area (Å²) in [5.41, 5.74) is -0.130. The van der Waals surface area contributed by atoms with Gasteiger partial charge in [0.2, 0.25) is 5.95 Å². The smallest absolute Gasteiger partial charge is 0.259 e. The molecule has 2 aromatic rings. The Bertz CT molecular complexity index is 768. The van der Waals surface area contributed by atoms with E-state index in [9.17, 15) is 4.79 Å². The minimum absolute atomic E-state index is 0.0989. The summed E-state index contributed by atoms with van der Waals surface area (Å²) in [6, 6.07) is 1.78. The van der Waals surface area contributed by atoms with Crippen molar-refractivity contribution < 1.29 is 18.8 Å². The van der Waals surface area contributed by atoms with Crippen LogP contribution in [0.4, 0.5) is 5.95 Å². The highest BCUT2D eigenvalue weighted by Crippen LogP contribution is 2.25. The number of nitrogens with zero attached hydrogens (tertiary/aromatic N) is 5. The SMILES string of the molecule is Cc1oncc1C(=O)N1CCOC2(COCCN(c3ncccn3)C2)C1. The summed E-state index contributed by atoms with van der Waals surface area (Å²) >= 11 is 0. The summed E-state index contributed by atoms with van der Waals surface area (Å²) in [5, 5.41) is 3.71. The van der Waals surface area contributed by atoms with Crippen LogP contribution in [0.15, 0.2) is 29.2 Å². The third-order valence-electron chi connectivity index (χ3n) is 4.70.